The maximum atomic E-state index is 14.2. The van der Waals surface area contributed by atoms with E-state index in [0.717, 1.165) is 5.56 Å². The second kappa shape index (κ2) is 15.2. The van der Waals surface area contributed by atoms with Crippen LogP contribution in [0.15, 0.2) is 54.6 Å². The quantitative estimate of drug-likeness (QED) is 0.115. The van der Waals surface area contributed by atoms with Crippen LogP contribution in [0.25, 0.3) is 21.9 Å². The molecule has 0 N–H and O–H groups in total. The summed E-state index contributed by atoms with van der Waals surface area (Å²) in [6.07, 6.45) is 0. The molecule has 0 fully saturated rings. The molecule has 46 heavy (non-hydrogen) atoms. The number of methoxy groups -OCH3 is 6. The lowest BCUT2D eigenvalue weighted by Gasteiger charge is -2.25. The Morgan fingerprint density at radius 2 is 1.30 bits per heavy atom. The van der Waals surface area contributed by atoms with Crippen LogP contribution in [-0.4, -0.2) is 72.8 Å². The molecule has 0 heterocycles. The zero-order valence-electron chi connectivity index (χ0n) is 27.3. The summed E-state index contributed by atoms with van der Waals surface area (Å²) in [7, 11) is 8.70. The molecule has 0 aliphatic carbocycles. The van der Waals surface area contributed by atoms with Gasteiger partial charge in [-0.05, 0) is 43.2 Å². The highest BCUT2D eigenvalue weighted by atomic mass is 16.7. The van der Waals surface area contributed by atoms with Crippen LogP contribution in [0.1, 0.15) is 40.1 Å². The highest BCUT2D eigenvalue weighted by Crippen LogP contribution is 2.53. The average molecular weight is 634 g/mol. The second-order valence-corrected chi connectivity index (χ2v) is 9.85. The van der Waals surface area contributed by atoms with Gasteiger partial charge in [-0.3, -0.25) is 0 Å². The molecule has 244 valence electrons. The first-order valence-corrected chi connectivity index (χ1v) is 14.6. The van der Waals surface area contributed by atoms with E-state index < -0.39 is 11.9 Å². The zero-order chi connectivity index (χ0) is 33.4. The molecule has 0 aliphatic rings. The molecule has 0 unspecified atom stereocenters. The minimum Gasteiger partial charge on any atom is -0.493 e. The number of rotatable bonds is 14. The van der Waals surface area contributed by atoms with E-state index in [1.165, 1.54) is 47.7 Å². The van der Waals surface area contributed by atoms with Crippen molar-refractivity contribution in [2.45, 2.75) is 20.5 Å². The number of hydrogen-bond donors (Lipinski definition) is 0. The Balaban J connectivity index is 2.27. The SMILES string of the molecule is CCN(CC)OC(=O)c1c(C(=O)OC)c(-c2ccc(OC)c(OC)c2)c2c(OC)c(OC)c(OC)cc2c1OCc1ccccc1. The van der Waals surface area contributed by atoms with E-state index in [4.69, 9.17) is 38.0 Å². The first-order chi connectivity index (χ1) is 22.3. The Kier molecular flexibility index (Phi) is 11.2. The molecule has 0 aromatic heterocycles. The molecule has 0 atom stereocenters. The predicted molar refractivity (Wildman–Crippen MR) is 173 cm³/mol. The van der Waals surface area contributed by atoms with Crippen LogP contribution in [-0.2, 0) is 16.2 Å². The van der Waals surface area contributed by atoms with Gasteiger partial charge in [0.1, 0.15) is 17.9 Å². The fourth-order valence-corrected chi connectivity index (χ4v) is 5.26. The minimum atomic E-state index is -0.815. The van der Waals surface area contributed by atoms with Crippen molar-refractivity contribution in [2.75, 3.05) is 55.7 Å². The molecule has 4 rings (SSSR count). The smallest absolute Gasteiger partial charge is 0.361 e. The molecule has 0 aliphatic heterocycles. The normalized spacial score (nSPS) is 10.8. The second-order valence-electron chi connectivity index (χ2n) is 9.85. The van der Waals surface area contributed by atoms with Crippen molar-refractivity contribution in [2.24, 2.45) is 0 Å². The lowest BCUT2D eigenvalue weighted by Crippen LogP contribution is -2.28. The number of esters is 1. The summed E-state index contributed by atoms with van der Waals surface area (Å²) < 4.78 is 40.3. The molecule has 0 spiro atoms. The Hall–Kier alpha value is -5.16. The van der Waals surface area contributed by atoms with Gasteiger partial charge in [-0.1, -0.05) is 36.4 Å². The van der Waals surface area contributed by atoms with E-state index in [9.17, 15) is 9.59 Å². The molecule has 0 saturated carbocycles. The first kappa shape index (κ1) is 33.7. The van der Waals surface area contributed by atoms with Crippen LogP contribution in [0.2, 0.25) is 0 Å². The highest BCUT2D eigenvalue weighted by Gasteiger charge is 2.35. The van der Waals surface area contributed by atoms with Crippen molar-refractivity contribution in [3.05, 3.63) is 71.3 Å². The molecule has 4 aromatic carbocycles. The summed E-state index contributed by atoms with van der Waals surface area (Å²) in [4.78, 5) is 34.0. The van der Waals surface area contributed by atoms with E-state index >= 15 is 0 Å². The maximum Gasteiger partial charge on any atom is 0.361 e. The van der Waals surface area contributed by atoms with Crippen molar-refractivity contribution < 1.29 is 47.6 Å². The van der Waals surface area contributed by atoms with Gasteiger partial charge in [-0.2, -0.15) is 0 Å². The molecule has 0 radical (unpaired) electrons. The van der Waals surface area contributed by atoms with Crippen molar-refractivity contribution in [3.8, 4) is 45.6 Å². The Bertz CT molecular complexity index is 1700. The fourth-order valence-electron chi connectivity index (χ4n) is 5.26. The fraction of sp³-hybridized carbons (Fsp3) is 0.314. The summed E-state index contributed by atoms with van der Waals surface area (Å²) in [5, 5.41) is 2.27. The van der Waals surface area contributed by atoms with Crippen LogP contribution in [0.3, 0.4) is 0 Å². The van der Waals surface area contributed by atoms with Crippen LogP contribution in [0, 0.1) is 0 Å². The van der Waals surface area contributed by atoms with Crippen molar-refractivity contribution in [3.63, 3.8) is 0 Å². The number of benzene rings is 4. The molecule has 0 saturated heterocycles. The summed E-state index contributed by atoms with van der Waals surface area (Å²) in [6.45, 7) is 4.58. The van der Waals surface area contributed by atoms with Gasteiger partial charge in [0.05, 0.1) is 48.2 Å². The zero-order valence-corrected chi connectivity index (χ0v) is 27.3. The maximum absolute atomic E-state index is 14.2. The van der Waals surface area contributed by atoms with E-state index in [2.05, 4.69) is 0 Å². The third kappa shape index (κ3) is 6.45. The van der Waals surface area contributed by atoms with Gasteiger partial charge in [0.15, 0.2) is 23.0 Å². The third-order valence-electron chi connectivity index (χ3n) is 7.46. The first-order valence-electron chi connectivity index (χ1n) is 14.6. The van der Waals surface area contributed by atoms with Gasteiger partial charge in [0.2, 0.25) is 5.75 Å². The predicted octanol–water partition coefficient (Wildman–Crippen LogP) is 6.33. The third-order valence-corrected chi connectivity index (χ3v) is 7.46. The van der Waals surface area contributed by atoms with E-state index in [1.807, 2.05) is 44.2 Å². The van der Waals surface area contributed by atoms with E-state index in [0.29, 0.717) is 52.2 Å². The average Bonchev–Trinajstić information content (AvgIpc) is 3.10. The largest absolute Gasteiger partial charge is 0.493 e. The number of carbonyl (C=O) groups excluding carboxylic acids is 2. The van der Waals surface area contributed by atoms with Gasteiger partial charge in [0.25, 0.3) is 0 Å². The van der Waals surface area contributed by atoms with Crippen molar-refractivity contribution >= 4 is 22.7 Å². The molecule has 11 nitrogen and oxygen atoms in total. The number of hydroxylamine groups is 2. The van der Waals surface area contributed by atoms with E-state index in [-0.39, 0.29) is 35.0 Å². The van der Waals surface area contributed by atoms with Gasteiger partial charge in [-0.15, -0.1) is 5.06 Å². The standard InChI is InChI=1S/C35H39NO10/c1-9-36(10-2)46-35(38)30-29(34(37)44-8)27(22-16-17-24(39-3)25(18-22)40-4)28-23(19-26(41-5)32(42-6)33(28)43-7)31(30)45-20-21-14-12-11-13-15-21/h11-19H,9-10,20H2,1-8H3. The van der Waals surface area contributed by atoms with E-state index in [1.54, 1.807) is 24.3 Å². The van der Waals surface area contributed by atoms with Crippen LogP contribution in [0.4, 0.5) is 0 Å². The molecular formula is C35H39NO10. The number of fused-ring (bicyclic) bond motifs is 1. The monoisotopic (exact) mass is 633 g/mol. The number of ether oxygens (including phenoxy) is 7. The van der Waals surface area contributed by atoms with Gasteiger partial charge in [0, 0.05) is 29.4 Å². The number of hydrogen-bond acceptors (Lipinski definition) is 11. The lowest BCUT2D eigenvalue weighted by molar-refractivity contribution is -0.103. The Morgan fingerprint density at radius 3 is 1.87 bits per heavy atom. The van der Waals surface area contributed by atoms with Crippen LogP contribution in [0.5, 0.6) is 34.5 Å². The van der Waals surface area contributed by atoms with Gasteiger partial charge >= 0.3 is 11.9 Å². The Labute approximate surface area is 268 Å². The number of carbonyl (C=O) groups is 2. The summed E-state index contributed by atoms with van der Waals surface area (Å²) >= 11 is 0. The summed E-state index contributed by atoms with van der Waals surface area (Å²) in [5.74, 6) is 0.112. The topological polar surface area (TPSA) is 111 Å². The molecule has 4 aromatic rings. The molecule has 0 bridgehead atoms. The molecular weight excluding hydrogens is 594 g/mol. The summed E-state index contributed by atoms with van der Waals surface area (Å²) in [6, 6.07) is 16.2. The molecule has 11 heteroatoms. The summed E-state index contributed by atoms with van der Waals surface area (Å²) in [5.41, 5.74) is 1.36. The minimum absolute atomic E-state index is 0.0640. The molecule has 0 amide bonds. The highest BCUT2D eigenvalue weighted by molar-refractivity contribution is 6.20. The van der Waals surface area contributed by atoms with Gasteiger partial charge < -0.3 is 38.0 Å². The Morgan fingerprint density at radius 1 is 0.652 bits per heavy atom. The van der Waals surface area contributed by atoms with Gasteiger partial charge in [-0.25, -0.2) is 9.59 Å². The number of nitrogens with zero attached hydrogens (tertiary/aromatic N) is 1. The van der Waals surface area contributed by atoms with Crippen molar-refractivity contribution in [1.29, 1.82) is 0 Å². The lowest BCUT2D eigenvalue weighted by atomic mass is 9.87. The van der Waals surface area contributed by atoms with Crippen molar-refractivity contribution in [1.82, 2.24) is 5.06 Å². The van der Waals surface area contributed by atoms with Crippen LogP contribution < -0.4 is 28.4 Å². The van der Waals surface area contributed by atoms with Crippen LogP contribution >= 0.6 is 0 Å².